The number of nitrogens with one attached hydrogen (secondary N) is 1. The molecule has 1 aromatic rings. The molecule has 0 atom stereocenters. The Morgan fingerprint density at radius 2 is 2.12 bits per heavy atom. The summed E-state index contributed by atoms with van der Waals surface area (Å²) in [5.74, 6) is -0.867. The first-order valence-corrected chi connectivity index (χ1v) is 6.08. The van der Waals surface area contributed by atoms with Crippen LogP contribution >= 0.6 is 11.3 Å². The van der Waals surface area contributed by atoms with E-state index in [-0.39, 0.29) is 12.3 Å². The zero-order chi connectivity index (χ0) is 12.0. The summed E-state index contributed by atoms with van der Waals surface area (Å²) < 4.78 is 0. The fourth-order valence-corrected chi connectivity index (χ4v) is 2.12. The van der Waals surface area contributed by atoms with Gasteiger partial charge < -0.3 is 10.4 Å². The van der Waals surface area contributed by atoms with Gasteiger partial charge in [-0.2, -0.15) is 11.3 Å². The minimum atomic E-state index is -0.792. The van der Waals surface area contributed by atoms with Crippen LogP contribution in [0.25, 0.3) is 0 Å². The Hall–Kier alpha value is -1.36. The topological polar surface area (TPSA) is 66.4 Å². The highest BCUT2D eigenvalue weighted by Crippen LogP contribution is 2.13. The molecule has 4 nitrogen and oxygen atoms in total. The summed E-state index contributed by atoms with van der Waals surface area (Å²) in [6.45, 7) is 2.43. The van der Waals surface area contributed by atoms with Crippen molar-refractivity contribution in [1.29, 1.82) is 0 Å². The van der Waals surface area contributed by atoms with Crippen LogP contribution in [0.5, 0.6) is 0 Å². The van der Waals surface area contributed by atoms with Gasteiger partial charge in [-0.15, -0.1) is 0 Å². The van der Waals surface area contributed by atoms with E-state index in [9.17, 15) is 9.59 Å². The average Bonchev–Trinajstić information content (AvgIpc) is 2.63. The summed E-state index contributed by atoms with van der Waals surface area (Å²) in [5, 5.41) is 14.9. The monoisotopic (exact) mass is 241 g/mol. The van der Waals surface area contributed by atoms with Gasteiger partial charge in [0.25, 0.3) is 5.91 Å². The van der Waals surface area contributed by atoms with Gasteiger partial charge in [-0.25, -0.2) is 0 Å². The average molecular weight is 241 g/mol. The minimum absolute atomic E-state index is 0.0749. The summed E-state index contributed by atoms with van der Waals surface area (Å²) in [5.41, 5.74) is 1.69. The van der Waals surface area contributed by atoms with Gasteiger partial charge >= 0.3 is 5.97 Å². The molecule has 0 spiro atoms. The molecule has 88 valence electrons. The van der Waals surface area contributed by atoms with E-state index in [1.807, 2.05) is 17.7 Å². The van der Waals surface area contributed by atoms with E-state index in [0.29, 0.717) is 24.9 Å². The first kappa shape index (κ1) is 12.7. The largest absolute Gasteiger partial charge is 0.481 e. The number of hydrogen-bond donors (Lipinski definition) is 2. The van der Waals surface area contributed by atoms with Crippen LogP contribution < -0.4 is 5.32 Å². The number of unbranched alkanes of at least 4 members (excludes halogenated alkanes) is 1. The lowest BCUT2D eigenvalue weighted by Gasteiger charge is -2.03. The lowest BCUT2D eigenvalue weighted by atomic mass is 10.2. The molecule has 0 aliphatic rings. The Balaban J connectivity index is 2.21. The highest BCUT2D eigenvalue weighted by Gasteiger charge is 2.08. The first-order valence-electron chi connectivity index (χ1n) is 5.14. The van der Waals surface area contributed by atoms with Crippen molar-refractivity contribution in [2.45, 2.75) is 26.2 Å². The Morgan fingerprint density at radius 1 is 1.38 bits per heavy atom. The minimum Gasteiger partial charge on any atom is -0.481 e. The molecule has 1 aromatic heterocycles. The second kappa shape index (κ2) is 6.27. The molecule has 0 aliphatic carbocycles. The van der Waals surface area contributed by atoms with Crippen molar-refractivity contribution in [3.8, 4) is 0 Å². The number of carboxylic acid groups (broad SMARTS) is 1. The fraction of sp³-hybridized carbons (Fsp3) is 0.455. The summed E-state index contributed by atoms with van der Waals surface area (Å²) in [7, 11) is 0. The molecule has 16 heavy (non-hydrogen) atoms. The quantitative estimate of drug-likeness (QED) is 0.749. The SMILES string of the molecule is Cc1cscc1C(=O)NCCCCC(=O)O. The van der Waals surface area contributed by atoms with Crippen molar-refractivity contribution >= 4 is 23.2 Å². The molecule has 5 heteroatoms. The number of thiophene rings is 1. The van der Waals surface area contributed by atoms with Crippen LogP contribution in [0, 0.1) is 6.92 Å². The molecule has 1 heterocycles. The van der Waals surface area contributed by atoms with Gasteiger partial charge in [0.2, 0.25) is 0 Å². The second-order valence-electron chi connectivity index (χ2n) is 3.58. The molecule has 0 aromatic carbocycles. The molecule has 0 radical (unpaired) electrons. The Bertz CT molecular complexity index is 373. The van der Waals surface area contributed by atoms with E-state index in [1.165, 1.54) is 11.3 Å². The number of carboxylic acids is 1. The Morgan fingerprint density at radius 3 is 2.69 bits per heavy atom. The van der Waals surface area contributed by atoms with Crippen molar-refractivity contribution in [3.05, 3.63) is 21.9 Å². The Kier molecular flexibility index (Phi) is 4.98. The van der Waals surface area contributed by atoms with E-state index in [2.05, 4.69) is 5.32 Å². The number of hydrogen-bond acceptors (Lipinski definition) is 3. The van der Waals surface area contributed by atoms with Crippen LogP contribution in [0.15, 0.2) is 10.8 Å². The Labute approximate surface area is 98.3 Å². The molecule has 0 bridgehead atoms. The van der Waals surface area contributed by atoms with Gasteiger partial charge in [0, 0.05) is 18.3 Å². The summed E-state index contributed by atoms with van der Waals surface area (Å²) in [6, 6.07) is 0. The van der Waals surface area contributed by atoms with Crippen LogP contribution in [0.3, 0.4) is 0 Å². The molecule has 2 N–H and O–H groups in total. The van der Waals surface area contributed by atoms with E-state index in [0.717, 1.165) is 5.56 Å². The zero-order valence-electron chi connectivity index (χ0n) is 9.16. The molecular weight excluding hydrogens is 226 g/mol. The third kappa shape index (κ3) is 4.02. The first-order chi connectivity index (χ1) is 7.61. The number of aliphatic carboxylic acids is 1. The van der Waals surface area contributed by atoms with Crippen LogP contribution in [0.4, 0.5) is 0 Å². The second-order valence-corrected chi connectivity index (χ2v) is 4.32. The van der Waals surface area contributed by atoms with E-state index < -0.39 is 5.97 Å². The third-order valence-corrected chi connectivity index (χ3v) is 3.06. The molecule has 0 saturated carbocycles. The lowest BCUT2D eigenvalue weighted by Crippen LogP contribution is -2.24. The standard InChI is InChI=1S/C11H15NO3S/c1-8-6-16-7-9(8)11(15)12-5-3-2-4-10(13)14/h6-7H,2-5H2,1H3,(H,12,15)(H,13,14). The molecule has 0 fully saturated rings. The van der Waals surface area contributed by atoms with Crippen molar-refractivity contribution in [1.82, 2.24) is 5.32 Å². The highest BCUT2D eigenvalue weighted by molar-refractivity contribution is 7.08. The summed E-state index contributed by atoms with van der Waals surface area (Å²) in [6.07, 6.45) is 1.45. The van der Waals surface area contributed by atoms with Crippen molar-refractivity contribution in [2.24, 2.45) is 0 Å². The maximum Gasteiger partial charge on any atom is 0.303 e. The summed E-state index contributed by atoms with van der Waals surface area (Å²) in [4.78, 5) is 21.8. The predicted octanol–water partition coefficient (Wildman–Crippen LogP) is 2.04. The number of carbonyl (C=O) groups is 2. The normalized spacial score (nSPS) is 10.1. The van der Waals surface area contributed by atoms with Gasteiger partial charge in [0.15, 0.2) is 0 Å². The number of carbonyl (C=O) groups excluding carboxylic acids is 1. The van der Waals surface area contributed by atoms with Gasteiger partial charge in [-0.1, -0.05) is 0 Å². The number of amides is 1. The van der Waals surface area contributed by atoms with Crippen LogP contribution in [-0.4, -0.2) is 23.5 Å². The molecule has 1 rings (SSSR count). The third-order valence-electron chi connectivity index (χ3n) is 2.20. The molecule has 0 unspecified atom stereocenters. The van der Waals surface area contributed by atoms with Crippen molar-refractivity contribution in [3.63, 3.8) is 0 Å². The van der Waals surface area contributed by atoms with Crippen LogP contribution in [0.1, 0.15) is 35.2 Å². The molecule has 0 aliphatic heterocycles. The number of aryl methyl sites for hydroxylation is 1. The highest BCUT2D eigenvalue weighted by atomic mass is 32.1. The maximum absolute atomic E-state index is 11.6. The molecule has 0 saturated heterocycles. The fourth-order valence-electron chi connectivity index (χ4n) is 1.29. The van der Waals surface area contributed by atoms with E-state index in [1.54, 1.807) is 0 Å². The predicted molar refractivity (Wildman–Crippen MR) is 62.9 cm³/mol. The van der Waals surface area contributed by atoms with Crippen LogP contribution in [-0.2, 0) is 4.79 Å². The lowest BCUT2D eigenvalue weighted by molar-refractivity contribution is -0.137. The van der Waals surface area contributed by atoms with Crippen molar-refractivity contribution < 1.29 is 14.7 Å². The molecule has 1 amide bonds. The van der Waals surface area contributed by atoms with Crippen LogP contribution in [0.2, 0.25) is 0 Å². The molecular formula is C11H15NO3S. The summed E-state index contributed by atoms with van der Waals surface area (Å²) >= 11 is 1.50. The van der Waals surface area contributed by atoms with Gasteiger partial charge in [-0.05, 0) is 30.7 Å². The van der Waals surface area contributed by atoms with Crippen molar-refractivity contribution in [2.75, 3.05) is 6.54 Å². The van der Waals surface area contributed by atoms with Gasteiger partial charge in [0.05, 0.1) is 5.56 Å². The number of rotatable bonds is 6. The van der Waals surface area contributed by atoms with E-state index >= 15 is 0 Å². The van der Waals surface area contributed by atoms with Gasteiger partial charge in [0.1, 0.15) is 0 Å². The van der Waals surface area contributed by atoms with Gasteiger partial charge in [-0.3, -0.25) is 9.59 Å². The van der Waals surface area contributed by atoms with E-state index in [4.69, 9.17) is 5.11 Å². The smallest absolute Gasteiger partial charge is 0.303 e. The maximum atomic E-state index is 11.6. The zero-order valence-corrected chi connectivity index (χ0v) is 9.97.